The normalized spacial score (nSPS) is 9.62. The molecule has 13 heavy (non-hydrogen) atoms. The van der Waals surface area contributed by atoms with Crippen LogP contribution in [0.3, 0.4) is 0 Å². The van der Waals surface area contributed by atoms with Gasteiger partial charge in [-0.25, -0.2) is 4.98 Å². The first kappa shape index (κ1) is 9.11. The average molecular weight is 181 g/mol. The Morgan fingerprint density at radius 1 is 1.69 bits per heavy atom. The fourth-order valence-electron chi connectivity index (χ4n) is 0.883. The van der Waals surface area contributed by atoms with E-state index in [-0.39, 0.29) is 11.4 Å². The standard InChI is InChI=1S/C7H7N3O3/c1-4-2-5(10(12)13)6(7(8)11)9-3-4/h2-3H,1H3,(H2,8,11). The van der Waals surface area contributed by atoms with Crippen molar-refractivity contribution in [3.8, 4) is 0 Å². The second kappa shape index (κ2) is 3.18. The van der Waals surface area contributed by atoms with E-state index in [1.165, 1.54) is 12.3 Å². The summed E-state index contributed by atoms with van der Waals surface area (Å²) in [4.78, 5) is 24.0. The quantitative estimate of drug-likeness (QED) is 0.527. The molecule has 1 amide bonds. The molecule has 6 heteroatoms. The highest BCUT2D eigenvalue weighted by Gasteiger charge is 2.19. The van der Waals surface area contributed by atoms with Crippen LogP contribution in [0.4, 0.5) is 5.69 Å². The monoisotopic (exact) mass is 181 g/mol. The molecule has 2 N–H and O–H groups in total. The van der Waals surface area contributed by atoms with Crippen LogP contribution in [0.15, 0.2) is 12.3 Å². The van der Waals surface area contributed by atoms with Crippen LogP contribution < -0.4 is 5.73 Å². The van der Waals surface area contributed by atoms with Crippen LogP contribution in [-0.4, -0.2) is 15.8 Å². The zero-order valence-corrected chi connectivity index (χ0v) is 6.85. The summed E-state index contributed by atoms with van der Waals surface area (Å²) in [6.07, 6.45) is 1.35. The van der Waals surface area contributed by atoms with E-state index in [4.69, 9.17) is 5.73 Å². The number of carbonyl (C=O) groups excluding carboxylic acids is 1. The van der Waals surface area contributed by atoms with Gasteiger partial charge < -0.3 is 5.73 Å². The maximum absolute atomic E-state index is 10.7. The molecule has 0 radical (unpaired) electrons. The van der Waals surface area contributed by atoms with Crippen molar-refractivity contribution in [3.05, 3.63) is 33.6 Å². The van der Waals surface area contributed by atoms with Gasteiger partial charge in [0.2, 0.25) is 5.69 Å². The van der Waals surface area contributed by atoms with Gasteiger partial charge in [-0.3, -0.25) is 14.9 Å². The van der Waals surface area contributed by atoms with Gasteiger partial charge in [0.15, 0.2) is 0 Å². The number of aromatic nitrogens is 1. The lowest BCUT2D eigenvalue weighted by atomic mass is 10.2. The predicted molar refractivity (Wildman–Crippen MR) is 44.1 cm³/mol. The minimum atomic E-state index is -0.897. The fourth-order valence-corrected chi connectivity index (χ4v) is 0.883. The Labute approximate surface area is 73.5 Å². The van der Waals surface area contributed by atoms with Crippen LogP contribution in [0.1, 0.15) is 16.1 Å². The Hall–Kier alpha value is -1.98. The second-order valence-electron chi connectivity index (χ2n) is 2.50. The molecule has 0 aliphatic carbocycles. The number of nitro groups is 1. The van der Waals surface area contributed by atoms with Gasteiger partial charge in [0.1, 0.15) is 0 Å². The van der Waals surface area contributed by atoms with E-state index in [1.54, 1.807) is 6.92 Å². The highest BCUT2D eigenvalue weighted by molar-refractivity contribution is 5.94. The van der Waals surface area contributed by atoms with Gasteiger partial charge >= 0.3 is 5.69 Å². The first-order valence-corrected chi connectivity index (χ1v) is 3.43. The van der Waals surface area contributed by atoms with Crippen molar-refractivity contribution in [2.45, 2.75) is 6.92 Å². The summed E-state index contributed by atoms with van der Waals surface area (Å²) < 4.78 is 0. The molecule has 0 saturated heterocycles. The molecular formula is C7H7N3O3. The summed E-state index contributed by atoms with van der Waals surface area (Å²) in [5.74, 6) is -0.897. The molecule has 1 heterocycles. The Balaban J connectivity index is 3.35. The van der Waals surface area contributed by atoms with Gasteiger partial charge in [-0.2, -0.15) is 0 Å². The molecule has 1 aromatic rings. The smallest absolute Gasteiger partial charge is 0.300 e. The van der Waals surface area contributed by atoms with E-state index in [0.29, 0.717) is 5.56 Å². The van der Waals surface area contributed by atoms with E-state index in [2.05, 4.69) is 4.98 Å². The minimum Gasteiger partial charge on any atom is -0.364 e. The van der Waals surface area contributed by atoms with Gasteiger partial charge in [-0.15, -0.1) is 0 Å². The van der Waals surface area contributed by atoms with Crippen molar-refractivity contribution in [3.63, 3.8) is 0 Å². The zero-order valence-electron chi connectivity index (χ0n) is 6.85. The Morgan fingerprint density at radius 3 is 2.77 bits per heavy atom. The van der Waals surface area contributed by atoms with Crippen molar-refractivity contribution in [1.82, 2.24) is 4.98 Å². The lowest BCUT2D eigenvalue weighted by molar-refractivity contribution is -0.385. The fraction of sp³-hybridized carbons (Fsp3) is 0.143. The highest BCUT2D eigenvalue weighted by atomic mass is 16.6. The molecule has 1 rings (SSSR count). The molecule has 0 aliphatic rings. The van der Waals surface area contributed by atoms with E-state index < -0.39 is 10.8 Å². The molecule has 0 aliphatic heterocycles. The molecule has 0 fully saturated rings. The number of pyridine rings is 1. The van der Waals surface area contributed by atoms with Crippen molar-refractivity contribution < 1.29 is 9.72 Å². The number of nitrogens with two attached hydrogens (primary N) is 1. The van der Waals surface area contributed by atoms with Crippen LogP contribution >= 0.6 is 0 Å². The van der Waals surface area contributed by atoms with Crippen LogP contribution in [0.25, 0.3) is 0 Å². The Morgan fingerprint density at radius 2 is 2.31 bits per heavy atom. The largest absolute Gasteiger partial charge is 0.364 e. The van der Waals surface area contributed by atoms with Crippen molar-refractivity contribution in [1.29, 1.82) is 0 Å². The third-order valence-corrected chi connectivity index (χ3v) is 1.43. The zero-order chi connectivity index (χ0) is 10.0. The SMILES string of the molecule is Cc1cnc(C(N)=O)c([N+](=O)[O-])c1. The number of nitrogens with zero attached hydrogens (tertiary/aromatic N) is 2. The Bertz CT molecular complexity index is 375. The third-order valence-electron chi connectivity index (χ3n) is 1.43. The summed E-state index contributed by atoms with van der Waals surface area (Å²) in [6, 6.07) is 1.26. The first-order chi connectivity index (χ1) is 6.02. The maximum atomic E-state index is 10.7. The average Bonchev–Trinajstić information content (AvgIpc) is 2.03. The number of aryl methyl sites for hydroxylation is 1. The van der Waals surface area contributed by atoms with Gasteiger partial charge in [0, 0.05) is 12.3 Å². The highest BCUT2D eigenvalue weighted by Crippen LogP contribution is 2.16. The number of hydrogen-bond donors (Lipinski definition) is 1. The number of amides is 1. The topological polar surface area (TPSA) is 99.1 Å². The molecular weight excluding hydrogens is 174 g/mol. The van der Waals surface area contributed by atoms with Crippen LogP contribution in [0.2, 0.25) is 0 Å². The van der Waals surface area contributed by atoms with Crippen molar-refractivity contribution >= 4 is 11.6 Å². The van der Waals surface area contributed by atoms with Gasteiger partial charge in [-0.1, -0.05) is 0 Å². The van der Waals surface area contributed by atoms with E-state index in [1.807, 2.05) is 0 Å². The summed E-state index contributed by atoms with van der Waals surface area (Å²) in [5.41, 5.74) is 4.84. The number of carbonyl (C=O) groups is 1. The number of rotatable bonds is 2. The first-order valence-electron chi connectivity index (χ1n) is 3.43. The molecule has 1 aromatic heterocycles. The summed E-state index contributed by atoms with van der Waals surface area (Å²) in [6.45, 7) is 1.64. The molecule has 0 aromatic carbocycles. The molecule has 0 saturated carbocycles. The van der Waals surface area contributed by atoms with E-state index >= 15 is 0 Å². The van der Waals surface area contributed by atoms with Gasteiger partial charge in [0.05, 0.1) is 4.92 Å². The lowest BCUT2D eigenvalue weighted by Crippen LogP contribution is -2.15. The second-order valence-corrected chi connectivity index (χ2v) is 2.50. The van der Waals surface area contributed by atoms with Gasteiger partial charge in [0.25, 0.3) is 5.91 Å². The minimum absolute atomic E-state index is 0.310. The van der Waals surface area contributed by atoms with Crippen molar-refractivity contribution in [2.75, 3.05) is 0 Å². The molecule has 6 nitrogen and oxygen atoms in total. The van der Waals surface area contributed by atoms with E-state index in [0.717, 1.165) is 0 Å². The van der Waals surface area contributed by atoms with Crippen molar-refractivity contribution in [2.24, 2.45) is 5.73 Å². The summed E-state index contributed by atoms with van der Waals surface area (Å²) >= 11 is 0. The van der Waals surface area contributed by atoms with Crippen LogP contribution in [-0.2, 0) is 0 Å². The predicted octanol–water partition coefficient (Wildman–Crippen LogP) is 0.397. The van der Waals surface area contributed by atoms with Gasteiger partial charge in [-0.05, 0) is 12.5 Å². The lowest BCUT2D eigenvalue weighted by Gasteiger charge is -1.97. The number of hydrogen-bond acceptors (Lipinski definition) is 4. The molecule has 0 spiro atoms. The molecule has 0 unspecified atom stereocenters. The van der Waals surface area contributed by atoms with Crippen LogP contribution in [0.5, 0.6) is 0 Å². The molecule has 0 bridgehead atoms. The van der Waals surface area contributed by atoms with E-state index in [9.17, 15) is 14.9 Å². The summed E-state index contributed by atoms with van der Waals surface area (Å²) in [7, 11) is 0. The molecule has 68 valence electrons. The molecule has 0 atom stereocenters. The Kier molecular flexibility index (Phi) is 2.23. The number of primary amides is 1. The third kappa shape index (κ3) is 1.78. The maximum Gasteiger partial charge on any atom is 0.300 e. The summed E-state index contributed by atoms with van der Waals surface area (Å²) in [5, 5.41) is 10.4. The van der Waals surface area contributed by atoms with Crippen LogP contribution in [0, 0.1) is 17.0 Å².